The Labute approximate surface area is 131 Å². The molecule has 0 aliphatic carbocycles. The van der Waals surface area contributed by atoms with Crippen LogP contribution in [0, 0.1) is 0 Å². The van der Waals surface area contributed by atoms with Gasteiger partial charge in [-0.15, -0.1) is 0 Å². The fraction of sp³-hybridized carbons (Fsp3) is 0.438. The minimum Gasteiger partial charge on any atom is -0.305 e. The molecule has 0 N–H and O–H groups in total. The molecule has 1 fully saturated rings. The average Bonchev–Trinajstić information content (AvgIpc) is 2.94. The van der Waals surface area contributed by atoms with E-state index in [1.807, 2.05) is 6.92 Å². The van der Waals surface area contributed by atoms with Crippen LogP contribution in [-0.2, 0) is 14.8 Å². The summed E-state index contributed by atoms with van der Waals surface area (Å²) in [4.78, 5) is 13.6. The number of anilines is 1. The Morgan fingerprint density at radius 3 is 2.45 bits per heavy atom. The third-order valence-corrected chi connectivity index (χ3v) is 6.34. The van der Waals surface area contributed by atoms with Crippen LogP contribution in [0.5, 0.6) is 0 Å². The lowest BCUT2D eigenvalue weighted by molar-refractivity contribution is -0.113. The average molecular weight is 320 g/mol. The molecule has 118 valence electrons. The van der Waals surface area contributed by atoms with Crippen molar-refractivity contribution in [3.8, 4) is 0 Å². The van der Waals surface area contributed by atoms with Gasteiger partial charge >= 0.3 is 0 Å². The molecular formula is C16H20N2O3S. The molecule has 1 aromatic carbocycles. The van der Waals surface area contributed by atoms with E-state index in [9.17, 15) is 13.2 Å². The summed E-state index contributed by atoms with van der Waals surface area (Å²) in [6.45, 7) is 3.08. The standard InChI is InChI=1S/C16H20N2O3S/c1-13-5-2-3-12-18(13)22(20,21)15-9-7-14(8-10-15)17-11-4-6-16(17)19/h4,6-10,13H,2-3,5,11-12H2,1H3/t13-/m1/s1. The summed E-state index contributed by atoms with van der Waals surface area (Å²) in [5.74, 6) is -0.0692. The number of carbonyl (C=O) groups is 1. The molecule has 22 heavy (non-hydrogen) atoms. The smallest absolute Gasteiger partial charge is 0.251 e. The lowest BCUT2D eigenvalue weighted by Gasteiger charge is -2.32. The molecule has 1 aromatic rings. The van der Waals surface area contributed by atoms with Gasteiger partial charge in [0.15, 0.2) is 0 Å². The molecule has 0 spiro atoms. The second kappa shape index (κ2) is 5.85. The van der Waals surface area contributed by atoms with E-state index in [0.29, 0.717) is 18.0 Å². The fourth-order valence-electron chi connectivity index (χ4n) is 3.03. The second-order valence-corrected chi connectivity index (χ2v) is 7.70. The molecule has 6 heteroatoms. The molecule has 2 aliphatic rings. The van der Waals surface area contributed by atoms with E-state index in [4.69, 9.17) is 0 Å². The highest BCUT2D eigenvalue weighted by molar-refractivity contribution is 7.89. The van der Waals surface area contributed by atoms with Crippen molar-refractivity contribution in [2.24, 2.45) is 0 Å². The number of benzene rings is 1. The van der Waals surface area contributed by atoms with E-state index in [1.54, 1.807) is 39.5 Å². The predicted octanol–water partition coefficient (Wildman–Crippen LogP) is 2.15. The monoisotopic (exact) mass is 320 g/mol. The van der Waals surface area contributed by atoms with E-state index in [1.165, 1.54) is 6.08 Å². The van der Waals surface area contributed by atoms with Gasteiger partial charge in [0.2, 0.25) is 10.0 Å². The summed E-state index contributed by atoms with van der Waals surface area (Å²) in [5.41, 5.74) is 0.723. The van der Waals surface area contributed by atoms with Crippen molar-refractivity contribution in [3.05, 3.63) is 36.4 Å². The van der Waals surface area contributed by atoms with Crippen LogP contribution in [-0.4, -0.2) is 37.8 Å². The van der Waals surface area contributed by atoms with Gasteiger partial charge in [0.25, 0.3) is 5.91 Å². The normalized spacial score (nSPS) is 23.2. The van der Waals surface area contributed by atoms with Gasteiger partial charge in [-0.25, -0.2) is 8.42 Å². The van der Waals surface area contributed by atoms with Crippen LogP contribution < -0.4 is 4.90 Å². The van der Waals surface area contributed by atoms with E-state index >= 15 is 0 Å². The topological polar surface area (TPSA) is 57.7 Å². The number of piperidine rings is 1. The van der Waals surface area contributed by atoms with Crippen molar-refractivity contribution < 1.29 is 13.2 Å². The van der Waals surface area contributed by atoms with Crippen molar-refractivity contribution in [1.29, 1.82) is 0 Å². The summed E-state index contributed by atoms with van der Waals surface area (Å²) < 4.78 is 27.0. The minimum absolute atomic E-state index is 0.0442. The highest BCUT2D eigenvalue weighted by atomic mass is 32.2. The molecule has 1 atom stereocenters. The van der Waals surface area contributed by atoms with E-state index in [0.717, 1.165) is 24.9 Å². The molecule has 2 heterocycles. The van der Waals surface area contributed by atoms with Crippen LogP contribution in [0.25, 0.3) is 0 Å². The van der Waals surface area contributed by atoms with Crippen molar-refractivity contribution in [2.75, 3.05) is 18.0 Å². The first-order valence-corrected chi connectivity index (χ1v) is 9.04. The van der Waals surface area contributed by atoms with Gasteiger partial charge in [-0.1, -0.05) is 12.5 Å². The molecule has 3 rings (SSSR count). The third-order valence-electron chi connectivity index (χ3n) is 4.31. The third kappa shape index (κ3) is 2.68. The fourth-order valence-corrected chi connectivity index (χ4v) is 4.73. The predicted molar refractivity (Wildman–Crippen MR) is 85.1 cm³/mol. The van der Waals surface area contributed by atoms with Gasteiger partial charge in [0, 0.05) is 30.9 Å². The molecule has 1 saturated heterocycles. The Morgan fingerprint density at radius 2 is 1.86 bits per heavy atom. The van der Waals surface area contributed by atoms with Gasteiger partial charge in [0.1, 0.15) is 0 Å². The number of amides is 1. The van der Waals surface area contributed by atoms with Gasteiger partial charge in [-0.05, 0) is 44.0 Å². The summed E-state index contributed by atoms with van der Waals surface area (Å²) >= 11 is 0. The Hall–Kier alpha value is -1.66. The largest absolute Gasteiger partial charge is 0.305 e. The van der Waals surface area contributed by atoms with Crippen molar-refractivity contribution in [3.63, 3.8) is 0 Å². The molecule has 5 nitrogen and oxygen atoms in total. The maximum atomic E-state index is 12.7. The lowest BCUT2D eigenvalue weighted by Crippen LogP contribution is -2.41. The van der Waals surface area contributed by atoms with E-state index < -0.39 is 10.0 Å². The first-order valence-electron chi connectivity index (χ1n) is 7.60. The number of hydrogen-bond acceptors (Lipinski definition) is 3. The molecular weight excluding hydrogens is 300 g/mol. The Kier molecular flexibility index (Phi) is 4.06. The van der Waals surface area contributed by atoms with E-state index in [-0.39, 0.29) is 11.9 Å². The number of sulfonamides is 1. The first-order chi connectivity index (χ1) is 10.5. The van der Waals surface area contributed by atoms with Gasteiger partial charge < -0.3 is 4.90 Å². The zero-order valence-corrected chi connectivity index (χ0v) is 13.4. The van der Waals surface area contributed by atoms with Gasteiger partial charge in [-0.3, -0.25) is 4.79 Å². The van der Waals surface area contributed by atoms with Crippen molar-refractivity contribution >= 4 is 21.6 Å². The maximum Gasteiger partial charge on any atom is 0.251 e. The molecule has 0 radical (unpaired) electrons. The summed E-state index contributed by atoms with van der Waals surface area (Å²) in [6.07, 6.45) is 6.22. The Bertz CT molecular complexity index is 695. The number of hydrogen-bond donors (Lipinski definition) is 0. The Morgan fingerprint density at radius 1 is 1.14 bits per heavy atom. The summed E-state index contributed by atoms with van der Waals surface area (Å²) in [7, 11) is -3.45. The Balaban J connectivity index is 1.84. The van der Waals surface area contributed by atoms with Crippen LogP contribution in [0.3, 0.4) is 0 Å². The molecule has 2 aliphatic heterocycles. The zero-order valence-electron chi connectivity index (χ0n) is 12.6. The molecule has 1 amide bonds. The lowest BCUT2D eigenvalue weighted by atomic mass is 10.1. The maximum absolute atomic E-state index is 12.7. The van der Waals surface area contributed by atoms with Crippen LogP contribution in [0.2, 0.25) is 0 Å². The minimum atomic E-state index is -3.45. The van der Waals surface area contributed by atoms with Crippen molar-refractivity contribution in [2.45, 2.75) is 37.1 Å². The second-order valence-electron chi connectivity index (χ2n) is 5.81. The van der Waals surface area contributed by atoms with Gasteiger partial charge in [-0.2, -0.15) is 4.31 Å². The van der Waals surface area contributed by atoms with Crippen LogP contribution in [0.1, 0.15) is 26.2 Å². The SMILES string of the molecule is C[C@@H]1CCCCN1S(=O)(=O)c1ccc(N2CC=CC2=O)cc1. The van der Waals surface area contributed by atoms with Crippen LogP contribution >= 0.6 is 0 Å². The highest BCUT2D eigenvalue weighted by Crippen LogP contribution is 2.27. The first kappa shape index (κ1) is 15.2. The van der Waals surface area contributed by atoms with Crippen molar-refractivity contribution in [1.82, 2.24) is 4.31 Å². The molecule has 0 saturated carbocycles. The number of carbonyl (C=O) groups excluding carboxylic acids is 1. The molecule has 0 aromatic heterocycles. The van der Waals surface area contributed by atoms with Gasteiger partial charge in [0.05, 0.1) is 4.90 Å². The number of nitrogens with zero attached hydrogens (tertiary/aromatic N) is 2. The van der Waals surface area contributed by atoms with Crippen LogP contribution in [0.15, 0.2) is 41.3 Å². The number of rotatable bonds is 3. The summed E-state index contributed by atoms with van der Waals surface area (Å²) in [5, 5.41) is 0. The summed E-state index contributed by atoms with van der Waals surface area (Å²) in [6, 6.07) is 6.64. The molecule has 0 bridgehead atoms. The highest BCUT2D eigenvalue weighted by Gasteiger charge is 2.31. The van der Waals surface area contributed by atoms with E-state index in [2.05, 4.69) is 0 Å². The molecule has 0 unspecified atom stereocenters. The quantitative estimate of drug-likeness (QED) is 0.857. The van der Waals surface area contributed by atoms with Crippen LogP contribution in [0.4, 0.5) is 5.69 Å². The zero-order chi connectivity index (χ0) is 15.7.